The van der Waals surface area contributed by atoms with Crippen molar-refractivity contribution in [2.45, 2.75) is 13.2 Å². The maximum atomic E-state index is 12.1. The number of nitrogens with zero attached hydrogens (tertiary/aromatic N) is 1. The van der Waals surface area contributed by atoms with Gasteiger partial charge < -0.3 is 9.30 Å². The third-order valence-electron chi connectivity index (χ3n) is 5.40. The summed E-state index contributed by atoms with van der Waals surface area (Å²) in [5, 5.41) is 3.83. The molecule has 0 unspecified atom stereocenters. The van der Waals surface area contributed by atoms with Crippen LogP contribution in [-0.4, -0.2) is 15.7 Å². The predicted octanol–water partition coefficient (Wildman–Crippen LogP) is 6.90. The zero-order chi connectivity index (χ0) is 23.7. The van der Waals surface area contributed by atoms with Gasteiger partial charge in [-0.15, -0.1) is 0 Å². The summed E-state index contributed by atoms with van der Waals surface area (Å²) < 4.78 is 8.09. The van der Waals surface area contributed by atoms with E-state index in [1.54, 1.807) is 12.1 Å². The van der Waals surface area contributed by atoms with Gasteiger partial charge in [0.25, 0.3) is 11.1 Å². The SMILES string of the molecule is O=C1NC(=O)C(=Cc2cn(Cc3ccc(Cl)c(Cl)c3)c3ccc(OCc4ccccc4)cc23)S1. The highest BCUT2D eigenvalue weighted by molar-refractivity contribution is 8.18. The number of rotatable bonds is 6. The minimum atomic E-state index is -0.392. The van der Waals surface area contributed by atoms with Crippen LogP contribution in [0.15, 0.2) is 77.8 Å². The lowest BCUT2D eigenvalue weighted by molar-refractivity contribution is -0.115. The minimum absolute atomic E-state index is 0.356. The van der Waals surface area contributed by atoms with Crippen molar-refractivity contribution in [2.24, 2.45) is 0 Å². The Morgan fingerprint density at radius 1 is 0.941 bits per heavy atom. The Balaban J connectivity index is 1.52. The molecule has 3 aromatic carbocycles. The first-order valence-corrected chi connectivity index (χ1v) is 12.0. The van der Waals surface area contributed by atoms with Gasteiger partial charge in [-0.3, -0.25) is 14.9 Å². The highest BCUT2D eigenvalue weighted by Gasteiger charge is 2.25. The van der Waals surface area contributed by atoms with Gasteiger partial charge in [0.2, 0.25) is 0 Å². The maximum Gasteiger partial charge on any atom is 0.290 e. The minimum Gasteiger partial charge on any atom is -0.489 e. The van der Waals surface area contributed by atoms with E-state index in [2.05, 4.69) is 9.88 Å². The Hall–Kier alpha value is -3.19. The van der Waals surface area contributed by atoms with Crippen LogP contribution in [0.4, 0.5) is 4.79 Å². The second kappa shape index (κ2) is 9.58. The molecule has 1 aromatic heterocycles. The Labute approximate surface area is 210 Å². The fourth-order valence-corrected chi connectivity index (χ4v) is 4.77. The molecule has 0 radical (unpaired) electrons. The number of nitrogens with one attached hydrogen (secondary N) is 1. The molecular formula is C26H18Cl2N2O3S. The van der Waals surface area contributed by atoms with Crippen molar-refractivity contribution in [3.8, 4) is 5.75 Å². The lowest BCUT2D eigenvalue weighted by Crippen LogP contribution is -2.17. The van der Waals surface area contributed by atoms with Gasteiger partial charge in [0.1, 0.15) is 12.4 Å². The van der Waals surface area contributed by atoms with E-state index < -0.39 is 5.91 Å². The van der Waals surface area contributed by atoms with Crippen molar-refractivity contribution in [3.63, 3.8) is 0 Å². The number of hydrogen-bond donors (Lipinski definition) is 1. The molecule has 0 atom stereocenters. The van der Waals surface area contributed by atoms with Crippen LogP contribution in [0.2, 0.25) is 10.0 Å². The molecule has 4 aromatic rings. The normalized spacial score (nSPS) is 14.7. The molecular weight excluding hydrogens is 491 g/mol. The van der Waals surface area contributed by atoms with Crippen molar-refractivity contribution < 1.29 is 14.3 Å². The molecule has 0 aliphatic carbocycles. The zero-order valence-electron chi connectivity index (χ0n) is 17.8. The first-order valence-electron chi connectivity index (χ1n) is 10.4. The van der Waals surface area contributed by atoms with E-state index in [9.17, 15) is 9.59 Å². The molecule has 170 valence electrons. The van der Waals surface area contributed by atoms with E-state index in [-0.39, 0.29) is 5.24 Å². The average Bonchev–Trinajstić information content (AvgIpc) is 3.33. The van der Waals surface area contributed by atoms with Crippen LogP contribution in [0.1, 0.15) is 16.7 Å². The van der Waals surface area contributed by atoms with Crippen LogP contribution in [0.25, 0.3) is 17.0 Å². The molecule has 5 rings (SSSR count). The third-order valence-corrected chi connectivity index (χ3v) is 6.95. The molecule has 1 fully saturated rings. The van der Waals surface area contributed by atoms with Crippen LogP contribution in [0, 0.1) is 0 Å². The molecule has 2 heterocycles. The summed E-state index contributed by atoms with van der Waals surface area (Å²) in [6.07, 6.45) is 3.69. The molecule has 1 aliphatic heterocycles. The molecule has 1 saturated heterocycles. The molecule has 34 heavy (non-hydrogen) atoms. The topological polar surface area (TPSA) is 60.3 Å². The second-order valence-electron chi connectivity index (χ2n) is 7.77. The van der Waals surface area contributed by atoms with Crippen LogP contribution in [0.3, 0.4) is 0 Å². The van der Waals surface area contributed by atoms with Crippen LogP contribution < -0.4 is 10.1 Å². The second-order valence-corrected chi connectivity index (χ2v) is 9.60. The number of carbonyl (C=O) groups is 2. The summed E-state index contributed by atoms with van der Waals surface area (Å²) in [7, 11) is 0. The Morgan fingerprint density at radius 3 is 2.50 bits per heavy atom. The highest BCUT2D eigenvalue weighted by Crippen LogP contribution is 2.33. The fourth-order valence-electron chi connectivity index (χ4n) is 3.78. The van der Waals surface area contributed by atoms with E-state index in [0.29, 0.717) is 33.9 Å². The van der Waals surface area contributed by atoms with Gasteiger partial charge in [0, 0.05) is 29.2 Å². The zero-order valence-corrected chi connectivity index (χ0v) is 20.1. The first-order chi connectivity index (χ1) is 16.5. The van der Waals surface area contributed by atoms with Gasteiger partial charge >= 0.3 is 0 Å². The van der Waals surface area contributed by atoms with Crippen molar-refractivity contribution >= 4 is 63.1 Å². The molecule has 8 heteroatoms. The largest absolute Gasteiger partial charge is 0.489 e. The molecule has 5 nitrogen and oxygen atoms in total. The van der Waals surface area contributed by atoms with E-state index in [1.165, 1.54) is 0 Å². The van der Waals surface area contributed by atoms with E-state index in [1.807, 2.05) is 66.9 Å². The molecule has 0 spiro atoms. The number of fused-ring (bicyclic) bond motifs is 1. The number of amides is 2. The smallest absolute Gasteiger partial charge is 0.290 e. The maximum absolute atomic E-state index is 12.1. The van der Waals surface area contributed by atoms with Crippen LogP contribution in [-0.2, 0) is 17.9 Å². The van der Waals surface area contributed by atoms with Crippen molar-refractivity contribution in [3.05, 3.63) is 105 Å². The van der Waals surface area contributed by atoms with E-state index in [4.69, 9.17) is 27.9 Å². The quantitative estimate of drug-likeness (QED) is 0.287. The summed E-state index contributed by atoms with van der Waals surface area (Å²) in [5.74, 6) is 0.319. The summed E-state index contributed by atoms with van der Waals surface area (Å²) in [4.78, 5) is 24.1. The van der Waals surface area contributed by atoms with Gasteiger partial charge in [-0.05, 0) is 59.3 Å². The van der Waals surface area contributed by atoms with Gasteiger partial charge in [-0.25, -0.2) is 0 Å². The molecule has 0 bridgehead atoms. The van der Waals surface area contributed by atoms with Crippen LogP contribution in [0.5, 0.6) is 5.75 Å². The number of imide groups is 1. The van der Waals surface area contributed by atoms with Gasteiger partial charge in [-0.1, -0.05) is 59.6 Å². The molecule has 2 amide bonds. The van der Waals surface area contributed by atoms with Gasteiger partial charge in [-0.2, -0.15) is 0 Å². The predicted molar refractivity (Wildman–Crippen MR) is 137 cm³/mol. The summed E-state index contributed by atoms with van der Waals surface area (Å²) >= 11 is 13.2. The number of carbonyl (C=O) groups excluding carboxylic acids is 2. The number of benzene rings is 3. The summed E-state index contributed by atoms with van der Waals surface area (Å²) in [6, 6.07) is 21.3. The fraction of sp³-hybridized carbons (Fsp3) is 0.0769. The number of hydrogen-bond acceptors (Lipinski definition) is 4. The third kappa shape index (κ3) is 4.85. The molecule has 1 aliphatic rings. The monoisotopic (exact) mass is 508 g/mol. The lowest BCUT2D eigenvalue weighted by Gasteiger charge is -2.09. The molecule has 0 saturated carbocycles. The average molecular weight is 509 g/mol. The molecule has 1 N–H and O–H groups in total. The van der Waals surface area contributed by atoms with Crippen molar-refractivity contribution in [1.82, 2.24) is 9.88 Å². The van der Waals surface area contributed by atoms with Gasteiger partial charge in [0.05, 0.1) is 15.0 Å². The number of halogens is 2. The Bertz CT molecular complexity index is 1450. The van der Waals surface area contributed by atoms with Crippen molar-refractivity contribution in [2.75, 3.05) is 0 Å². The standard InChI is InChI=1S/C26H18Cl2N2O3S/c27-21-8-6-17(10-22(21)28)13-30-14-18(11-24-25(31)29-26(32)34-24)20-12-19(7-9-23(20)30)33-15-16-4-2-1-3-5-16/h1-12,14H,13,15H2,(H,29,31,32). The highest BCUT2D eigenvalue weighted by atomic mass is 35.5. The van der Waals surface area contributed by atoms with Gasteiger partial charge in [0.15, 0.2) is 0 Å². The Morgan fingerprint density at radius 2 is 1.76 bits per heavy atom. The summed E-state index contributed by atoms with van der Waals surface area (Å²) in [6.45, 7) is 0.999. The first kappa shape index (κ1) is 22.6. The van der Waals surface area contributed by atoms with Crippen LogP contribution >= 0.6 is 35.0 Å². The summed E-state index contributed by atoms with van der Waals surface area (Å²) in [5.41, 5.74) is 3.82. The van der Waals surface area contributed by atoms with E-state index >= 15 is 0 Å². The van der Waals surface area contributed by atoms with E-state index in [0.717, 1.165) is 39.4 Å². The number of ether oxygens (including phenoxy) is 1. The number of aromatic nitrogens is 1. The Kier molecular flexibility index (Phi) is 6.37. The van der Waals surface area contributed by atoms with Crippen molar-refractivity contribution in [1.29, 1.82) is 0 Å². The lowest BCUT2D eigenvalue weighted by atomic mass is 10.1. The number of thioether (sulfide) groups is 1.